The molecular formula is C14H23N3. The molecule has 94 valence electrons. The van der Waals surface area contributed by atoms with Gasteiger partial charge in [-0.05, 0) is 38.4 Å². The number of hydrogen-bond acceptors (Lipinski definition) is 3. The van der Waals surface area contributed by atoms with Gasteiger partial charge in [-0.25, -0.2) is 0 Å². The summed E-state index contributed by atoms with van der Waals surface area (Å²) in [5.41, 5.74) is 2.31. The number of nitrogens with one attached hydrogen (secondary N) is 1. The van der Waals surface area contributed by atoms with Gasteiger partial charge >= 0.3 is 0 Å². The van der Waals surface area contributed by atoms with E-state index in [2.05, 4.69) is 47.2 Å². The molecular weight excluding hydrogens is 210 g/mol. The predicted octanol–water partition coefficient (Wildman–Crippen LogP) is 1.96. The van der Waals surface area contributed by atoms with Gasteiger partial charge in [-0.2, -0.15) is 0 Å². The van der Waals surface area contributed by atoms with Crippen LogP contribution in [0.2, 0.25) is 0 Å². The summed E-state index contributed by atoms with van der Waals surface area (Å²) >= 11 is 0. The Labute approximate surface area is 104 Å². The van der Waals surface area contributed by atoms with Crippen LogP contribution in [-0.2, 0) is 6.54 Å². The molecule has 0 bridgehead atoms. The van der Waals surface area contributed by atoms with Gasteiger partial charge in [0.15, 0.2) is 0 Å². The van der Waals surface area contributed by atoms with Crippen LogP contribution in [0, 0.1) is 6.92 Å². The van der Waals surface area contributed by atoms with E-state index < -0.39 is 0 Å². The normalized spacial score (nSPS) is 20.9. The molecule has 3 heteroatoms. The summed E-state index contributed by atoms with van der Waals surface area (Å²) < 4.78 is 0. The first-order valence-corrected chi connectivity index (χ1v) is 6.66. The molecule has 1 atom stereocenters. The molecule has 1 unspecified atom stereocenters. The fourth-order valence-electron chi connectivity index (χ4n) is 2.41. The second-order valence-electron chi connectivity index (χ2n) is 4.95. The molecule has 1 N–H and O–H groups in total. The van der Waals surface area contributed by atoms with Crippen LogP contribution in [0.25, 0.3) is 0 Å². The third-order valence-corrected chi connectivity index (χ3v) is 3.29. The lowest BCUT2D eigenvalue weighted by Gasteiger charge is -2.16. The Kier molecular flexibility index (Phi) is 4.51. The van der Waals surface area contributed by atoms with Crippen molar-refractivity contribution < 1.29 is 0 Å². The Morgan fingerprint density at radius 2 is 2.35 bits per heavy atom. The van der Waals surface area contributed by atoms with E-state index in [1.165, 1.54) is 25.1 Å². The molecule has 0 amide bonds. The fourth-order valence-corrected chi connectivity index (χ4v) is 2.41. The van der Waals surface area contributed by atoms with Gasteiger partial charge in [-0.1, -0.05) is 13.0 Å². The summed E-state index contributed by atoms with van der Waals surface area (Å²) in [5.74, 6) is 0. The Bertz CT molecular complexity index is 351. The Morgan fingerprint density at radius 3 is 3.12 bits per heavy atom. The largest absolute Gasteiger partial charge is 0.313 e. The van der Waals surface area contributed by atoms with E-state index in [0.29, 0.717) is 6.04 Å². The van der Waals surface area contributed by atoms with Crippen molar-refractivity contribution in [1.82, 2.24) is 15.2 Å². The maximum Gasteiger partial charge on any atom is 0.0547 e. The van der Waals surface area contributed by atoms with Gasteiger partial charge in [-0.3, -0.25) is 9.88 Å². The average Bonchev–Trinajstić information content (AvgIpc) is 2.74. The Hall–Kier alpha value is -0.930. The van der Waals surface area contributed by atoms with Crippen LogP contribution in [0.5, 0.6) is 0 Å². The first-order chi connectivity index (χ1) is 8.28. The van der Waals surface area contributed by atoms with Crippen molar-refractivity contribution in [2.45, 2.75) is 39.3 Å². The lowest BCUT2D eigenvalue weighted by molar-refractivity contribution is 0.316. The molecule has 3 nitrogen and oxygen atoms in total. The molecule has 1 aromatic rings. The molecule has 1 fully saturated rings. The van der Waals surface area contributed by atoms with Crippen molar-refractivity contribution in [3.05, 3.63) is 29.6 Å². The van der Waals surface area contributed by atoms with E-state index in [1.807, 2.05) is 0 Å². The third kappa shape index (κ3) is 3.79. The highest BCUT2D eigenvalue weighted by molar-refractivity contribution is 5.10. The third-order valence-electron chi connectivity index (χ3n) is 3.29. The number of aryl methyl sites for hydroxylation is 1. The van der Waals surface area contributed by atoms with Crippen LogP contribution in [0.1, 0.15) is 31.2 Å². The number of aromatic nitrogens is 1. The minimum Gasteiger partial charge on any atom is -0.313 e. The van der Waals surface area contributed by atoms with Gasteiger partial charge in [0.2, 0.25) is 0 Å². The highest BCUT2D eigenvalue weighted by Gasteiger charge is 2.21. The Balaban J connectivity index is 1.81. The number of pyridine rings is 1. The zero-order valence-corrected chi connectivity index (χ0v) is 10.9. The first-order valence-electron chi connectivity index (χ1n) is 6.66. The lowest BCUT2D eigenvalue weighted by Crippen LogP contribution is -2.32. The Morgan fingerprint density at radius 1 is 1.47 bits per heavy atom. The zero-order valence-electron chi connectivity index (χ0n) is 10.9. The second-order valence-corrected chi connectivity index (χ2v) is 4.95. The van der Waals surface area contributed by atoms with E-state index in [0.717, 1.165) is 25.3 Å². The zero-order chi connectivity index (χ0) is 12.1. The summed E-state index contributed by atoms with van der Waals surface area (Å²) in [5, 5.41) is 3.60. The van der Waals surface area contributed by atoms with Crippen molar-refractivity contribution in [3.63, 3.8) is 0 Å². The van der Waals surface area contributed by atoms with Gasteiger partial charge in [0.1, 0.15) is 0 Å². The molecule has 1 saturated heterocycles. The molecule has 0 saturated carbocycles. The first kappa shape index (κ1) is 12.5. The number of nitrogens with zero attached hydrogens (tertiary/aromatic N) is 2. The highest BCUT2D eigenvalue weighted by atomic mass is 15.2. The molecule has 0 aromatic carbocycles. The van der Waals surface area contributed by atoms with Crippen LogP contribution >= 0.6 is 0 Å². The molecule has 2 heterocycles. The van der Waals surface area contributed by atoms with Crippen LogP contribution in [-0.4, -0.2) is 35.6 Å². The lowest BCUT2D eigenvalue weighted by atomic mass is 10.2. The van der Waals surface area contributed by atoms with E-state index >= 15 is 0 Å². The van der Waals surface area contributed by atoms with Crippen LogP contribution in [0.4, 0.5) is 0 Å². The number of likely N-dealkylation sites (tertiary alicyclic amines) is 1. The van der Waals surface area contributed by atoms with Crippen molar-refractivity contribution in [3.8, 4) is 0 Å². The standard InChI is InChI=1S/C14H23N3/c1-3-8-15-13-7-9-17(10-13)11-14-6-4-5-12(2)16-14/h4-6,13,15H,3,7-11H2,1-2H3. The molecule has 2 rings (SSSR count). The summed E-state index contributed by atoms with van der Waals surface area (Å²) in [6.07, 6.45) is 2.49. The van der Waals surface area contributed by atoms with E-state index in [1.54, 1.807) is 0 Å². The molecule has 0 radical (unpaired) electrons. The average molecular weight is 233 g/mol. The van der Waals surface area contributed by atoms with Gasteiger partial charge < -0.3 is 5.32 Å². The van der Waals surface area contributed by atoms with Gasteiger partial charge in [0.25, 0.3) is 0 Å². The maximum absolute atomic E-state index is 4.56. The van der Waals surface area contributed by atoms with Crippen molar-refractivity contribution in [2.75, 3.05) is 19.6 Å². The minimum absolute atomic E-state index is 0.680. The van der Waals surface area contributed by atoms with Crippen LogP contribution < -0.4 is 5.32 Å². The van der Waals surface area contributed by atoms with Crippen molar-refractivity contribution >= 4 is 0 Å². The molecule has 1 aliphatic heterocycles. The quantitative estimate of drug-likeness (QED) is 0.842. The van der Waals surface area contributed by atoms with E-state index in [9.17, 15) is 0 Å². The number of hydrogen-bond donors (Lipinski definition) is 1. The van der Waals surface area contributed by atoms with Gasteiger partial charge in [-0.15, -0.1) is 0 Å². The summed E-state index contributed by atoms with van der Waals surface area (Å²) in [4.78, 5) is 7.06. The maximum atomic E-state index is 4.56. The molecule has 0 spiro atoms. The molecule has 0 aliphatic carbocycles. The molecule has 17 heavy (non-hydrogen) atoms. The summed E-state index contributed by atoms with van der Waals surface area (Å²) in [6, 6.07) is 6.96. The molecule has 1 aromatic heterocycles. The summed E-state index contributed by atoms with van der Waals surface area (Å²) in [6.45, 7) is 8.76. The number of rotatable bonds is 5. The van der Waals surface area contributed by atoms with Gasteiger partial charge in [0.05, 0.1) is 5.69 Å². The smallest absolute Gasteiger partial charge is 0.0547 e. The molecule has 1 aliphatic rings. The van der Waals surface area contributed by atoms with Gasteiger partial charge in [0, 0.05) is 31.4 Å². The highest BCUT2D eigenvalue weighted by Crippen LogP contribution is 2.12. The fraction of sp³-hybridized carbons (Fsp3) is 0.643. The van der Waals surface area contributed by atoms with E-state index in [4.69, 9.17) is 0 Å². The predicted molar refractivity (Wildman–Crippen MR) is 70.9 cm³/mol. The SMILES string of the molecule is CCCNC1CCN(Cc2cccc(C)n2)C1. The van der Waals surface area contributed by atoms with Crippen LogP contribution in [0.3, 0.4) is 0 Å². The minimum atomic E-state index is 0.680. The van der Waals surface area contributed by atoms with Crippen LogP contribution in [0.15, 0.2) is 18.2 Å². The monoisotopic (exact) mass is 233 g/mol. The van der Waals surface area contributed by atoms with Crippen molar-refractivity contribution in [2.24, 2.45) is 0 Å². The summed E-state index contributed by atoms with van der Waals surface area (Å²) in [7, 11) is 0. The second kappa shape index (κ2) is 6.12. The van der Waals surface area contributed by atoms with Crippen molar-refractivity contribution in [1.29, 1.82) is 0 Å². The van der Waals surface area contributed by atoms with E-state index in [-0.39, 0.29) is 0 Å². The topological polar surface area (TPSA) is 28.2 Å².